The largest absolute Gasteiger partial charge is 0.467 e. The Bertz CT molecular complexity index is 464. The molecule has 0 radical (unpaired) electrons. The Kier molecular flexibility index (Phi) is 5.87. The highest BCUT2D eigenvalue weighted by atomic mass is 16.5. The van der Waals surface area contributed by atoms with Crippen molar-refractivity contribution in [3.05, 3.63) is 36.3 Å². The van der Waals surface area contributed by atoms with Crippen molar-refractivity contribution < 1.29 is 23.5 Å². The van der Waals surface area contributed by atoms with Crippen molar-refractivity contribution in [3.63, 3.8) is 0 Å². The van der Waals surface area contributed by atoms with E-state index in [9.17, 15) is 14.4 Å². The van der Waals surface area contributed by atoms with E-state index in [0.29, 0.717) is 5.76 Å². The van der Waals surface area contributed by atoms with E-state index < -0.39 is 24.5 Å². The molecular formula is C12H14N2O5. The highest BCUT2D eigenvalue weighted by Gasteiger charge is 2.09. The van der Waals surface area contributed by atoms with Gasteiger partial charge in [-0.25, -0.2) is 9.59 Å². The van der Waals surface area contributed by atoms with Crippen LogP contribution in [-0.2, 0) is 20.9 Å². The molecule has 1 aromatic rings. The van der Waals surface area contributed by atoms with Gasteiger partial charge in [-0.1, -0.05) is 6.08 Å². The molecule has 0 unspecified atom stereocenters. The zero-order valence-electron chi connectivity index (χ0n) is 10.3. The number of allylic oxidation sites excluding steroid dienone is 1. The van der Waals surface area contributed by atoms with Crippen LogP contribution in [0.2, 0.25) is 0 Å². The minimum absolute atomic E-state index is 0.157. The van der Waals surface area contributed by atoms with Gasteiger partial charge in [0.05, 0.1) is 12.8 Å². The molecule has 1 aromatic heterocycles. The lowest BCUT2D eigenvalue weighted by Gasteiger charge is -2.05. The van der Waals surface area contributed by atoms with E-state index in [2.05, 4.69) is 10.1 Å². The van der Waals surface area contributed by atoms with E-state index in [0.717, 1.165) is 0 Å². The first kappa shape index (κ1) is 14.5. The first-order valence-corrected chi connectivity index (χ1v) is 5.51. The average Bonchev–Trinajstić information content (AvgIpc) is 2.87. The van der Waals surface area contributed by atoms with Crippen molar-refractivity contribution in [3.8, 4) is 0 Å². The standard InChI is InChI=1S/C12H14N2O5/c1-2-4-11(16)19-8-10(15)14-12(17)13-7-9-5-3-6-18-9/h2-6H,7-8H2,1H3,(H2,13,14,15,17). The van der Waals surface area contributed by atoms with Crippen molar-refractivity contribution in [1.29, 1.82) is 0 Å². The van der Waals surface area contributed by atoms with Crippen molar-refractivity contribution in [2.24, 2.45) is 0 Å². The van der Waals surface area contributed by atoms with Crippen LogP contribution in [0.15, 0.2) is 35.0 Å². The Morgan fingerprint density at radius 1 is 1.42 bits per heavy atom. The Morgan fingerprint density at radius 2 is 2.21 bits per heavy atom. The van der Waals surface area contributed by atoms with E-state index in [1.54, 1.807) is 19.1 Å². The second-order valence-electron chi connectivity index (χ2n) is 3.42. The van der Waals surface area contributed by atoms with Crippen LogP contribution in [0.4, 0.5) is 4.79 Å². The van der Waals surface area contributed by atoms with Crippen molar-refractivity contribution in [2.45, 2.75) is 13.5 Å². The number of ether oxygens (including phenoxy) is 1. The fourth-order valence-corrected chi connectivity index (χ4v) is 1.11. The molecule has 2 N–H and O–H groups in total. The smallest absolute Gasteiger partial charge is 0.330 e. The Balaban J connectivity index is 2.20. The second-order valence-corrected chi connectivity index (χ2v) is 3.42. The molecule has 1 heterocycles. The number of hydrogen-bond acceptors (Lipinski definition) is 5. The molecule has 102 valence electrons. The van der Waals surface area contributed by atoms with Crippen LogP contribution < -0.4 is 10.6 Å². The van der Waals surface area contributed by atoms with Gasteiger partial charge in [0.2, 0.25) is 0 Å². The molecule has 0 aromatic carbocycles. The minimum Gasteiger partial charge on any atom is -0.467 e. The van der Waals surface area contributed by atoms with Crippen LogP contribution >= 0.6 is 0 Å². The predicted octanol–water partition coefficient (Wildman–Crippen LogP) is 0.725. The summed E-state index contributed by atoms with van der Waals surface area (Å²) in [6, 6.07) is 2.67. The number of imide groups is 1. The van der Waals surface area contributed by atoms with Crippen LogP contribution in [0.1, 0.15) is 12.7 Å². The molecule has 19 heavy (non-hydrogen) atoms. The van der Waals surface area contributed by atoms with Gasteiger partial charge in [0.15, 0.2) is 6.61 Å². The number of hydrogen-bond donors (Lipinski definition) is 2. The van der Waals surface area contributed by atoms with Gasteiger partial charge in [0, 0.05) is 6.08 Å². The van der Waals surface area contributed by atoms with Crippen LogP contribution in [0.3, 0.4) is 0 Å². The molecule has 0 aliphatic rings. The molecule has 0 bridgehead atoms. The predicted molar refractivity (Wildman–Crippen MR) is 64.9 cm³/mol. The van der Waals surface area contributed by atoms with Gasteiger partial charge in [-0.15, -0.1) is 0 Å². The van der Waals surface area contributed by atoms with Crippen LogP contribution in [0.25, 0.3) is 0 Å². The van der Waals surface area contributed by atoms with Gasteiger partial charge >= 0.3 is 12.0 Å². The van der Waals surface area contributed by atoms with Gasteiger partial charge < -0.3 is 14.5 Å². The summed E-state index contributed by atoms with van der Waals surface area (Å²) in [5, 5.41) is 4.42. The molecular weight excluding hydrogens is 252 g/mol. The summed E-state index contributed by atoms with van der Waals surface area (Å²) in [6.07, 6.45) is 4.13. The number of amides is 3. The third-order valence-electron chi connectivity index (χ3n) is 1.90. The third-order valence-corrected chi connectivity index (χ3v) is 1.90. The van der Waals surface area contributed by atoms with Crippen molar-refractivity contribution in [2.75, 3.05) is 6.61 Å². The molecule has 0 atom stereocenters. The average molecular weight is 266 g/mol. The van der Waals surface area contributed by atoms with Gasteiger partial charge in [-0.2, -0.15) is 0 Å². The highest BCUT2D eigenvalue weighted by molar-refractivity contribution is 5.96. The highest BCUT2D eigenvalue weighted by Crippen LogP contribution is 1.97. The Morgan fingerprint density at radius 3 is 2.84 bits per heavy atom. The lowest BCUT2D eigenvalue weighted by atomic mass is 10.4. The molecule has 0 spiro atoms. The summed E-state index contributed by atoms with van der Waals surface area (Å²) in [6.45, 7) is 1.28. The van der Waals surface area contributed by atoms with E-state index >= 15 is 0 Å². The molecule has 0 fully saturated rings. The molecule has 7 heteroatoms. The van der Waals surface area contributed by atoms with Gasteiger partial charge in [0.1, 0.15) is 5.76 Å². The molecule has 7 nitrogen and oxygen atoms in total. The fraction of sp³-hybridized carbons (Fsp3) is 0.250. The number of carbonyl (C=O) groups is 3. The van der Waals surface area contributed by atoms with Gasteiger partial charge in [-0.3, -0.25) is 10.1 Å². The topological polar surface area (TPSA) is 97.6 Å². The second kappa shape index (κ2) is 7.70. The maximum absolute atomic E-state index is 11.3. The Hall–Kier alpha value is -2.57. The summed E-state index contributed by atoms with van der Waals surface area (Å²) in [4.78, 5) is 33.4. The Labute approximate surface area is 109 Å². The van der Waals surface area contributed by atoms with Crippen LogP contribution in [0.5, 0.6) is 0 Å². The van der Waals surface area contributed by atoms with Crippen molar-refractivity contribution >= 4 is 17.9 Å². The molecule has 0 aliphatic heterocycles. The number of nitrogens with one attached hydrogen (secondary N) is 2. The summed E-state index contributed by atoms with van der Waals surface area (Å²) < 4.78 is 9.55. The maximum Gasteiger partial charge on any atom is 0.330 e. The lowest BCUT2D eigenvalue weighted by molar-refractivity contribution is -0.143. The van der Waals surface area contributed by atoms with Crippen LogP contribution in [-0.4, -0.2) is 24.5 Å². The normalized spacial score (nSPS) is 10.2. The van der Waals surface area contributed by atoms with Gasteiger partial charge in [-0.05, 0) is 19.1 Å². The quantitative estimate of drug-likeness (QED) is 0.604. The van der Waals surface area contributed by atoms with E-state index in [1.807, 2.05) is 5.32 Å². The SMILES string of the molecule is CC=CC(=O)OCC(=O)NC(=O)NCc1ccco1. The number of esters is 1. The third kappa shape index (κ3) is 6.06. The summed E-state index contributed by atoms with van der Waals surface area (Å²) in [7, 11) is 0. The monoisotopic (exact) mass is 266 g/mol. The summed E-state index contributed by atoms with van der Waals surface area (Å²) in [5.74, 6) is -0.800. The zero-order chi connectivity index (χ0) is 14.1. The number of furan rings is 1. The van der Waals surface area contributed by atoms with Gasteiger partial charge in [0.25, 0.3) is 5.91 Å². The van der Waals surface area contributed by atoms with Crippen molar-refractivity contribution in [1.82, 2.24) is 10.6 Å². The first-order valence-electron chi connectivity index (χ1n) is 5.51. The van der Waals surface area contributed by atoms with E-state index in [1.165, 1.54) is 18.4 Å². The molecule has 0 saturated heterocycles. The number of rotatable bonds is 5. The first-order chi connectivity index (χ1) is 9.11. The molecule has 0 saturated carbocycles. The molecule has 3 amide bonds. The fourth-order valence-electron chi connectivity index (χ4n) is 1.11. The molecule has 0 aliphatic carbocycles. The summed E-state index contributed by atoms with van der Waals surface area (Å²) in [5.41, 5.74) is 0. The number of carbonyl (C=O) groups excluding carboxylic acids is 3. The van der Waals surface area contributed by atoms with E-state index in [4.69, 9.17) is 4.42 Å². The summed E-state index contributed by atoms with van der Waals surface area (Å²) >= 11 is 0. The zero-order valence-corrected chi connectivity index (χ0v) is 10.3. The lowest BCUT2D eigenvalue weighted by Crippen LogP contribution is -2.41. The maximum atomic E-state index is 11.3. The van der Waals surface area contributed by atoms with E-state index in [-0.39, 0.29) is 6.54 Å². The van der Waals surface area contributed by atoms with Crippen LogP contribution in [0, 0.1) is 0 Å². The molecule has 1 rings (SSSR count). The number of urea groups is 1. The minimum atomic E-state index is -0.713.